The summed E-state index contributed by atoms with van der Waals surface area (Å²) in [6.45, 7) is -0.0276. The van der Waals surface area contributed by atoms with Gasteiger partial charge >= 0.3 is 0 Å². The number of amides is 1. The van der Waals surface area contributed by atoms with Crippen molar-refractivity contribution in [3.63, 3.8) is 0 Å². The highest BCUT2D eigenvalue weighted by Crippen LogP contribution is 2.00. The quantitative estimate of drug-likeness (QED) is 0.692. The highest BCUT2D eigenvalue weighted by molar-refractivity contribution is 5.92. The smallest absolute Gasteiger partial charge is 0.272 e. The van der Waals surface area contributed by atoms with Crippen LogP contribution in [0.1, 0.15) is 10.5 Å². The van der Waals surface area contributed by atoms with Crippen LogP contribution in [0.2, 0.25) is 0 Å². The Balaban J connectivity index is 2.29. The third kappa shape index (κ3) is 1.76. The fourth-order valence-electron chi connectivity index (χ4n) is 1.15. The van der Waals surface area contributed by atoms with Crippen LogP contribution in [0.15, 0.2) is 24.7 Å². The van der Waals surface area contributed by atoms with Crippen molar-refractivity contribution >= 4 is 11.7 Å². The minimum absolute atomic E-state index is 0.0276. The molecule has 2 aromatic heterocycles. The molecule has 0 aromatic carbocycles. The third-order valence-electron chi connectivity index (χ3n) is 1.80. The van der Waals surface area contributed by atoms with Crippen LogP contribution >= 0.6 is 0 Å². The van der Waals surface area contributed by atoms with Gasteiger partial charge in [0.25, 0.3) is 5.91 Å². The van der Waals surface area contributed by atoms with Gasteiger partial charge in [-0.1, -0.05) is 0 Å². The van der Waals surface area contributed by atoms with Crippen LogP contribution < -0.4 is 5.32 Å². The Kier molecular flexibility index (Phi) is 2.29. The van der Waals surface area contributed by atoms with Crippen molar-refractivity contribution in [2.24, 2.45) is 0 Å². The molecule has 0 radical (unpaired) electrons. The van der Waals surface area contributed by atoms with Crippen molar-refractivity contribution in [1.29, 1.82) is 5.26 Å². The fraction of sp³-hybridized carbons (Fsp3) is 0.111. The van der Waals surface area contributed by atoms with Crippen molar-refractivity contribution in [2.75, 3.05) is 6.54 Å². The van der Waals surface area contributed by atoms with Crippen LogP contribution in [0.25, 0.3) is 5.78 Å². The van der Waals surface area contributed by atoms with E-state index in [1.54, 1.807) is 29.1 Å². The molecule has 0 aliphatic rings. The van der Waals surface area contributed by atoms with Crippen LogP contribution in [0.3, 0.4) is 0 Å². The second-order valence-electron chi connectivity index (χ2n) is 2.79. The first-order valence-electron chi connectivity index (χ1n) is 4.26. The molecule has 0 saturated carbocycles. The largest absolute Gasteiger partial charge is 0.338 e. The van der Waals surface area contributed by atoms with Gasteiger partial charge < -0.3 is 5.32 Å². The van der Waals surface area contributed by atoms with Crippen molar-refractivity contribution in [2.45, 2.75) is 0 Å². The second-order valence-corrected chi connectivity index (χ2v) is 2.79. The van der Waals surface area contributed by atoms with Crippen LogP contribution in [-0.4, -0.2) is 26.8 Å². The molecule has 0 aliphatic heterocycles. The molecule has 1 amide bonds. The number of fused-ring (bicyclic) bond motifs is 1. The Hall–Kier alpha value is -2.42. The van der Waals surface area contributed by atoms with Crippen LogP contribution in [0.5, 0.6) is 0 Å². The van der Waals surface area contributed by atoms with Gasteiger partial charge in [0.1, 0.15) is 12.2 Å². The monoisotopic (exact) mass is 201 g/mol. The van der Waals surface area contributed by atoms with E-state index in [0.29, 0.717) is 5.78 Å². The average molecular weight is 201 g/mol. The van der Waals surface area contributed by atoms with Gasteiger partial charge in [-0.15, -0.1) is 0 Å². The molecule has 6 nitrogen and oxygen atoms in total. The summed E-state index contributed by atoms with van der Waals surface area (Å²) in [4.78, 5) is 19.4. The lowest BCUT2D eigenvalue weighted by Crippen LogP contribution is -2.23. The maximum Gasteiger partial charge on any atom is 0.272 e. The van der Waals surface area contributed by atoms with Crippen molar-refractivity contribution in [1.82, 2.24) is 19.7 Å². The molecule has 74 valence electrons. The van der Waals surface area contributed by atoms with E-state index < -0.39 is 0 Å². The average Bonchev–Trinajstić information content (AvgIpc) is 2.69. The van der Waals surface area contributed by atoms with Gasteiger partial charge in [0, 0.05) is 18.6 Å². The van der Waals surface area contributed by atoms with Gasteiger partial charge in [0.2, 0.25) is 5.78 Å². The van der Waals surface area contributed by atoms with Crippen molar-refractivity contribution in [3.8, 4) is 6.07 Å². The Labute approximate surface area is 85.2 Å². The zero-order valence-electron chi connectivity index (χ0n) is 7.71. The Morgan fingerprint density at radius 2 is 2.53 bits per heavy atom. The van der Waals surface area contributed by atoms with Crippen LogP contribution in [0.4, 0.5) is 0 Å². The summed E-state index contributed by atoms with van der Waals surface area (Å²) in [6.07, 6.45) is 4.91. The number of hydrogen-bond donors (Lipinski definition) is 1. The molecule has 0 aliphatic carbocycles. The highest BCUT2D eigenvalue weighted by atomic mass is 16.1. The van der Waals surface area contributed by atoms with E-state index in [-0.39, 0.29) is 18.1 Å². The first-order valence-corrected chi connectivity index (χ1v) is 4.26. The van der Waals surface area contributed by atoms with Gasteiger partial charge in [-0.2, -0.15) is 5.26 Å². The molecular formula is C9H7N5O. The molecule has 0 atom stereocenters. The summed E-state index contributed by atoms with van der Waals surface area (Å²) in [5.41, 5.74) is 0.254. The molecular weight excluding hydrogens is 194 g/mol. The zero-order chi connectivity index (χ0) is 10.7. The fourth-order valence-corrected chi connectivity index (χ4v) is 1.15. The molecule has 0 saturated heterocycles. The van der Waals surface area contributed by atoms with E-state index in [2.05, 4.69) is 15.3 Å². The molecule has 0 unspecified atom stereocenters. The van der Waals surface area contributed by atoms with Gasteiger partial charge in [0.15, 0.2) is 0 Å². The summed E-state index contributed by atoms with van der Waals surface area (Å²) >= 11 is 0. The summed E-state index contributed by atoms with van der Waals surface area (Å²) < 4.78 is 1.64. The standard InChI is InChI=1S/C9H7N5O/c10-2-4-11-8(15)7-6-14-5-1-3-12-9(14)13-7/h1,3,5-6H,4H2,(H,11,15). The molecule has 0 spiro atoms. The van der Waals surface area contributed by atoms with E-state index >= 15 is 0 Å². The van der Waals surface area contributed by atoms with Crippen molar-refractivity contribution < 1.29 is 4.79 Å². The predicted octanol–water partition coefficient (Wildman–Crippen LogP) is -0.0173. The summed E-state index contributed by atoms with van der Waals surface area (Å²) in [7, 11) is 0. The minimum Gasteiger partial charge on any atom is -0.338 e. The van der Waals surface area contributed by atoms with Crippen molar-refractivity contribution in [3.05, 3.63) is 30.4 Å². The number of imidazole rings is 1. The van der Waals surface area contributed by atoms with E-state index in [0.717, 1.165) is 0 Å². The first-order chi connectivity index (χ1) is 7.31. The number of nitrogens with one attached hydrogen (secondary N) is 1. The lowest BCUT2D eigenvalue weighted by molar-refractivity contribution is 0.0954. The Bertz CT molecular complexity index is 506. The number of nitriles is 1. The zero-order valence-corrected chi connectivity index (χ0v) is 7.71. The first kappa shape index (κ1) is 9.15. The second kappa shape index (κ2) is 3.75. The van der Waals surface area contributed by atoms with Gasteiger partial charge in [-0.3, -0.25) is 9.20 Å². The van der Waals surface area contributed by atoms with E-state index in [1.165, 1.54) is 0 Å². The molecule has 2 heterocycles. The molecule has 0 bridgehead atoms. The van der Waals surface area contributed by atoms with Crippen LogP contribution in [-0.2, 0) is 0 Å². The summed E-state index contributed by atoms with van der Waals surface area (Å²) in [6, 6.07) is 3.56. The van der Waals surface area contributed by atoms with E-state index in [9.17, 15) is 4.79 Å². The highest BCUT2D eigenvalue weighted by Gasteiger charge is 2.09. The number of aromatic nitrogens is 3. The lowest BCUT2D eigenvalue weighted by atomic mass is 10.4. The molecule has 15 heavy (non-hydrogen) atoms. The lowest BCUT2D eigenvalue weighted by Gasteiger charge is -1.93. The molecule has 1 N–H and O–H groups in total. The topological polar surface area (TPSA) is 83.1 Å². The number of carbonyl (C=O) groups is 1. The molecule has 6 heteroatoms. The normalized spacial score (nSPS) is 9.80. The van der Waals surface area contributed by atoms with Gasteiger partial charge in [-0.25, -0.2) is 9.97 Å². The Morgan fingerprint density at radius 1 is 1.67 bits per heavy atom. The summed E-state index contributed by atoms with van der Waals surface area (Å²) in [5, 5.41) is 10.7. The molecule has 2 aromatic rings. The summed E-state index contributed by atoms with van der Waals surface area (Å²) in [5.74, 6) is 0.0849. The molecule has 2 rings (SSSR count). The Morgan fingerprint density at radius 3 is 3.27 bits per heavy atom. The number of rotatable bonds is 2. The maximum atomic E-state index is 11.4. The number of carbonyl (C=O) groups excluding carboxylic acids is 1. The molecule has 0 fully saturated rings. The maximum absolute atomic E-state index is 11.4. The SMILES string of the molecule is N#CCNC(=O)c1cn2cccnc2n1. The van der Waals surface area contributed by atoms with E-state index in [4.69, 9.17) is 5.26 Å². The van der Waals surface area contributed by atoms with E-state index in [1.807, 2.05) is 6.07 Å². The predicted molar refractivity (Wildman–Crippen MR) is 50.9 cm³/mol. The third-order valence-corrected chi connectivity index (χ3v) is 1.80. The minimum atomic E-state index is -0.373. The van der Waals surface area contributed by atoms with Gasteiger partial charge in [-0.05, 0) is 6.07 Å². The number of nitrogens with zero attached hydrogens (tertiary/aromatic N) is 4. The number of hydrogen-bond acceptors (Lipinski definition) is 4. The van der Waals surface area contributed by atoms with Crippen LogP contribution in [0, 0.1) is 11.3 Å². The van der Waals surface area contributed by atoms with Gasteiger partial charge in [0.05, 0.1) is 6.07 Å².